The van der Waals surface area contributed by atoms with Gasteiger partial charge in [0.15, 0.2) is 11.6 Å². The van der Waals surface area contributed by atoms with Crippen molar-refractivity contribution in [3.63, 3.8) is 0 Å². The zero-order valence-electron chi connectivity index (χ0n) is 10.0. The summed E-state index contributed by atoms with van der Waals surface area (Å²) in [4.78, 5) is 11.8. The Hall–Kier alpha value is -1.29. The van der Waals surface area contributed by atoms with Crippen LogP contribution in [0.5, 0.6) is 5.75 Å². The van der Waals surface area contributed by atoms with Crippen LogP contribution in [-0.2, 0) is 0 Å². The first-order valence-corrected chi connectivity index (χ1v) is 5.65. The molecule has 0 unspecified atom stereocenters. The second kappa shape index (κ2) is 5.36. The Labute approximate surface area is 105 Å². The van der Waals surface area contributed by atoms with Crippen LogP contribution in [0.25, 0.3) is 0 Å². The zero-order chi connectivity index (χ0) is 13.1. The summed E-state index contributed by atoms with van der Waals surface area (Å²) in [6.45, 7) is 3.58. The standard InChI is InChI=1S/C12H15ClFNO2/c1-12(2,7-13)15-11(16)8-4-5-10(17-3)9(14)6-8/h4-6H,7H2,1-3H3,(H,15,16). The highest BCUT2D eigenvalue weighted by molar-refractivity contribution is 6.18. The van der Waals surface area contributed by atoms with Gasteiger partial charge in [0, 0.05) is 17.0 Å². The predicted molar refractivity (Wildman–Crippen MR) is 65.2 cm³/mol. The first-order chi connectivity index (χ1) is 7.89. The van der Waals surface area contributed by atoms with Crippen LogP contribution in [0.2, 0.25) is 0 Å². The third kappa shape index (κ3) is 3.60. The molecule has 0 aliphatic heterocycles. The van der Waals surface area contributed by atoms with Crippen LogP contribution < -0.4 is 10.1 Å². The Morgan fingerprint density at radius 3 is 2.65 bits per heavy atom. The maximum absolute atomic E-state index is 13.4. The monoisotopic (exact) mass is 259 g/mol. The molecule has 0 aliphatic carbocycles. The van der Waals surface area contributed by atoms with Gasteiger partial charge in [-0.3, -0.25) is 4.79 Å². The van der Waals surface area contributed by atoms with Gasteiger partial charge in [0.1, 0.15) is 0 Å². The second-order valence-corrected chi connectivity index (χ2v) is 4.59. The second-order valence-electron chi connectivity index (χ2n) is 4.32. The summed E-state index contributed by atoms with van der Waals surface area (Å²) < 4.78 is 18.2. The highest BCUT2D eigenvalue weighted by Gasteiger charge is 2.20. The van der Waals surface area contributed by atoms with Crippen LogP contribution in [0, 0.1) is 5.82 Å². The number of rotatable bonds is 4. The summed E-state index contributed by atoms with van der Waals surface area (Å²) in [7, 11) is 1.37. The molecule has 0 saturated heterocycles. The van der Waals surface area contributed by atoms with Crippen molar-refractivity contribution in [2.75, 3.05) is 13.0 Å². The van der Waals surface area contributed by atoms with Crippen molar-refractivity contribution in [1.82, 2.24) is 5.32 Å². The lowest BCUT2D eigenvalue weighted by Crippen LogP contribution is -2.44. The number of alkyl halides is 1. The topological polar surface area (TPSA) is 38.3 Å². The van der Waals surface area contributed by atoms with Crippen LogP contribution in [0.1, 0.15) is 24.2 Å². The highest BCUT2D eigenvalue weighted by atomic mass is 35.5. The van der Waals surface area contributed by atoms with Gasteiger partial charge in [0.05, 0.1) is 7.11 Å². The molecule has 0 heterocycles. The summed E-state index contributed by atoms with van der Waals surface area (Å²) in [5.41, 5.74) is -0.295. The number of carbonyl (C=O) groups excluding carboxylic acids is 1. The molecule has 0 radical (unpaired) electrons. The smallest absolute Gasteiger partial charge is 0.251 e. The Morgan fingerprint density at radius 2 is 2.18 bits per heavy atom. The SMILES string of the molecule is COc1ccc(C(=O)NC(C)(C)CCl)cc1F. The van der Waals surface area contributed by atoms with E-state index in [0.717, 1.165) is 6.07 Å². The number of nitrogens with one attached hydrogen (secondary N) is 1. The van der Waals surface area contributed by atoms with E-state index in [9.17, 15) is 9.18 Å². The van der Waals surface area contributed by atoms with E-state index in [1.54, 1.807) is 13.8 Å². The van der Waals surface area contributed by atoms with Crippen LogP contribution >= 0.6 is 11.6 Å². The van der Waals surface area contributed by atoms with E-state index in [2.05, 4.69) is 5.32 Å². The van der Waals surface area contributed by atoms with Crippen molar-refractivity contribution >= 4 is 17.5 Å². The Balaban J connectivity index is 2.87. The largest absolute Gasteiger partial charge is 0.494 e. The molecule has 0 aromatic heterocycles. The van der Waals surface area contributed by atoms with Gasteiger partial charge in [-0.15, -0.1) is 11.6 Å². The number of ether oxygens (including phenoxy) is 1. The zero-order valence-corrected chi connectivity index (χ0v) is 10.8. The fourth-order valence-electron chi connectivity index (χ4n) is 1.22. The van der Waals surface area contributed by atoms with Gasteiger partial charge < -0.3 is 10.1 Å². The lowest BCUT2D eigenvalue weighted by Gasteiger charge is -2.23. The third-order valence-corrected chi connectivity index (χ3v) is 2.87. The van der Waals surface area contributed by atoms with Crippen LogP contribution in [-0.4, -0.2) is 24.4 Å². The van der Waals surface area contributed by atoms with Crippen molar-refractivity contribution in [1.29, 1.82) is 0 Å². The van der Waals surface area contributed by atoms with Crippen LogP contribution in [0.15, 0.2) is 18.2 Å². The molecule has 3 nitrogen and oxygen atoms in total. The lowest BCUT2D eigenvalue weighted by atomic mass is 10.1. The molecule has 1 aromatic carbocycles. The Kier molecular flexibility index (Phi) is 4.34. The molecular formula is C12H15ClFNO2. The van der Waals surface area contributed by atoms with Crippen molar-refractivity contribution in [3.05, 3.63) is 29.6 Å². The number of carbonyl (C=O) groups is 1. The van der Waals surface area contributed by atoms with Gasteiger partial charge in [-0.25, -0.2) is 4.39 Å². The van der Waals surface area contributed by atoms with Gasteiger partial charge in [0.2, 0.25) is 0 Å². The first-order valence-electron chi connectivity index (χ1n) is 5.11. The summed E-state index contributed by atoms with van der Waals surface area (Å²) >= 11 is 5.69. The highest BCUT2D eigenvalue weighted by Crippen LogP contribution is 2.18. The van der Waals surface area contributed by atoms with E-state index in [4.69, 9.17) is 16.3 Å². The van der Waals surface area contributed by atoms with Gasteiger partial charge in [-0.1, -0.05) is 0 Å². The number of amides is 1. The van der Waals surface area contributed by atoms with E-state index < -0.39 is 11.4 Å². The maximum Gasteiger partial charge on any atom is 0.251 e. The van der Waals surface area contributed by atoms with Gasteiger partial charge in [0.25, 0.3) is 5.91 Å². The number of methoxy groups -OCH3 is 1. The minimum absolute atomic E-state index is 0.109. The minimum Gasteiger partial charge on any atom is -0.494 e. The van der Waals surface area contributed by atoms with Crippen LogP contribution in [0.3, 0.4) is 0 Å². The molecule has 1 aromatic rings. The molecule has 17 heavy (non-hydrogen) atoms. The normalized spacial score (nSPS) is 11.1. The molecule has 5 heteroatoms. The molecule has 94 valence electrons. The van der Waals surface area contributed by atoms with Crippen molar-refractivity contribution in [2.24, 2.45) is 0 Å². The molecular weight excluding hydrogens is 245 g/mol. The first kappa shape index (κ1) is 13.8. The summed E-state index contributed by atoms with van der Waals surface area (Å²) in [5.74, 6) is -0.545. The average molecular weight is 260 g/mol. The van der Waals surface area contributed by atoms with Crippen molar-refractivity contribution in [2.45, 2.75) is 19.4 Å². The van der Waals surface area contributed by atoms with E-state index >= 15 is 0 Å². The van der Waals surface area contributed by atoms with Gasteiger partial charge in [-0.05, 0) is 32.0 Å². The average Bonchev–Trinajstić information content (AvgIpc) is 2.28. The molecule has 1 amide bonds. The van der Waals surface area contributed by atoms with E-state index in [1.165, 1.54) is 19.2 Å². The van der Waals surface area contributed by atoms with E-state index in [1.807, 2.05) is 0 Å². The number of halogens is 2. The summed E-state index contributed by atoms with van der Waals surface area (Å²) in [5, 5.41) is 2.71. The van der Waals surface area contributed by atoms with Crippen molar-refractivity contribution in [3.8, 4) is 5.75 Å². The lowest BCUT2D eigenvalue weighted by molar-refractivity contribution is 0.0920. The van der Waals surface area contributed by atoms with E-state index in [-0.39, 0.29) is 23.1 Å². The van der Waals surface area contributed by atoms with E-state index in [0.29, 0.717) is 0 Å². The van der Waals surface area contributed by atoms with Gasteiger partial charge >= 0.3 is 0 Å². The minimum atomic E-state index is -0.566. The van der Waals surface area contributed by atoms with Crippen LogP contribution in [0.4, 0.5) is 4.39 Å². The molecule has 0 saturated carbocycles. The fraction of sp³-hybridized carbons (Fsp3) is 0.417. The molecule has 0 aliphatic rings. The molecule has 1 N–H and O–H groups in total. The van der Waals surface area contributed by atoms with Crippen molar-refractivity contribution < 1.29 is 13.9 Å². The summed E-state index contributed by atoms with van der Waals surface area (Å²) in [6.07, 6.45) is 0. The molecule has 0 fully saturated rings. The third-order valence-electron chi connectivity index (χ3n) is 2.20. The number of hydrogen-bond donors (Lipinski definition) is 1. The van der Waals surface area contributed by atoms with Gasteiger partial charge in [-0.2, -0.15) is 0 Å². The molecule has 0 spiro atoms. The summed E-state index contributed by atoms with van der Waals surface area (Å²) in [6, 6.07) is 4.05. The Bertz CT molecular complexity index is 421. The predicted octanol–water partition coefficient (Wildman–Crippen LogP) is 2.58. The maximum atomic E-state index is 13.4. The number of hydrogen-bond acceptors (Lipinski definition) is 2. The molecule has 0 atom stereocenters. The Morgan fingerprint density at radius 1 is 1.53 bits per heavy atom. The molecule has 1 rings (SSSR count). The number of benzene rings is 1. The quantitative estimate of drug-likeness (QED) is 0.844. The fourth-order valence-corrected chi connectivity index (χ4v) is 1.29. The molecule has 0 bridgehead atoms.